The summed E-state index contributed by atoms with van der Waals surface area (Å²) in [6.07, 6.45) is 9.96. The molecule has 1 saturated heterocycles. The Bertz CT molecular complexity index is 156. The first-order valence-electron chi connectivity index (χ1n) is 3.53. The topological polar surface area (TPSA) is 12.5 Å². The van der Waals surface area contributed by atoms with Crippen molar-refractivity contribution < 1.29 is 4.74 Å². The first kappa shape index (κ1) is 5.32. The zero-order chi connectivity index (χ0) is 6.27. The Morgan fingerprint density at radius 2 is 2.33 bits per heavy atom. The van der Waals surface area contributed by atoms with Crippen LogP contribution in [0.3, 0.4) is 0 Å². The van der Waals surface area contributed by atoms with Gasteiger partial charge in [0.05, 0.1) is 12.2 Å². The Balaban J connectivity index is 2.02. The Labute approximate surface area is 55.4 Å². The molecule has 1 heteroatoms. The summed E-state index contributed by atoms with van der Waals surface area (Å²) in [7, 11) is 0. The second kappa shape index (κ2) is 1.75. The third-order valence-electron chi connectivity index (χ3n) is 2.24. The Morgan fingerprint density at radius 1 is 1.44 bits per heavy atom. The molecule has 2 fully saturated rings. The van der Waals surface area contributed by atoms with Gasteiger partial charge < -0.3 is 4.74 Å². The second-order valence-electron chi connectivity index (χ2n) is 2.84. The maximum Gasteiger partial charge on any atom is 0.0978 e. The van der Waals surface area contributed by atoms with Gasteiger partial charge in [-0.25, -0.2) is 0 Å². The maximum atomic E-state index is 5.34. The maximum absolute atomic E-state index is 5.34. The Kier molecular flexibility index (Phi) is 1.03. The predicted molar refractivity (Wildman–Crippen MR) is 34.8 cm³/mol. The van der Waals surface area contributed by atoms with E-state index in [1.165, 1.54) is 19.3 Å². The van der Waals surface area contributed by atoms with Gasteiger partial charge in [0.15, 0.2) is 0 Å². The lowest BCUT2D eigenvalue weighted by Crippen LogP contribution is -2.13. The van der Waals surface area contributed by atoms with Gasteiger partial charge >= 0.3 is 0 Å². The number of hydrogen-bond donors (Lipinski definition) is 0. The molecule has 1 aliphatic carbocycles. The summed E-state index contributed by atoms with van der Waals surface area (Å²) in [5, 5.41) is 0. The van der Waals surface area contributed by atoms with Gasteiger partial charge in [0.2, 0.25) is 0 Å². The normalized spacial score (nSPS) is 47.2. The summed E-state index contributed by atoms with van der Waals surface area (Å²) in [6.45, 7) is 0. The van der Waals surface area contributed by atoms with Crippen molar-refractivity contribution in [2.45, 2.75) is 31.5 Å². The van der Waals surface area contributed by atoms with Crippen molar-refractivity contribution >= 4 is 0 Å². The van der Waals surface area contributed by atoms with Crippen molar-refractivity contribution in [3.8, 4) is 12.3 Å². The molecule has 0 amide bonds. The van der Waals surface area contributed by atoms with Crippen LogP contribution in [-0.4, -0.2) is 12.2 Å². The Hall–Kier alpha value is -0.480. The number of rotatable bonds is 0. The highest BCUT2D eigenvalue weighted by Crippen LogP contribution is 2.39. The fourth-order valence-corrected chi connectivity index (χ4v) is 1.62. The van der Waals surface area contributed by atoms with Gasteiger partial charge in [-0.3, -0.25) is 0 Å². The fraction of sp³-hybridized carbons (Fsp3) is 0.750. The zero-order valence-corrected chi connectivity index (χ0v) is 5.34. The molecule has 1 aliphatic heterocycles. The van der Waals surface area contributed by atoms with Gasteiger partial charge in [-0.05, 0) is 19.3 Å². The van der Waals surface area contributed by atoms with E-state index in [0.717, 1.165) is 0 Å². The van der Waals surface area contributed by atoms with Crippen LogP contribution in [0, 0.1) is 18.3 Å². The molecule has 0 N–H and O–H groups in total. The first-order valence-corrected chi connectivity index (χ1v) is 3.53. The number of ether oxygens (including phenoxy) is 1. The monoisotopic (exact) mass is 122 g/mol. The average Bonchev–Trinajstić information content (AvgIpc) is 2.64. The molecule has 0 bridgehead atoms. The van der Waals surface area contributed by atoms with Crippen molar-refractivity contribution in [3.63, 3.8) is 0 Å². The molecule has 0 aromatic heterocycles. The van der Waals surface area contributed by atoms with Crippen molar-refractivity contribution in [1.82, 2.24) is 0 Å². The van der Waals surface area contributed by atoms with Crippen molar-refractivity contribution in [3.05, 3.63) is 0 Å². The van der Waals surface area contributed by atoms with Gasteiger partial charge in [0, 0.05) is 5.92 Å². The van der Waals surface area contributed by atoms with Crippen LogP contribution in [0.25, 0.3) is 0 Å². The standard InChI is InChI=1S/C8H10O/c1-2-6-4-3-5-7-8(6)9-7/h1,6-8H,3-5H2. The average molecular weight is 122 g/mol. The van der Waals surface area contributed by atoms with Crippen molar-refractivity contribution in [2.75, 3.05) is 0 Å². The smallest absolute Gasteiger partial charge is 0.0978 e. The van der Waals surface area contributed by atoms with Gasteiger partial charge in [-0.15, -0.1) is 12.3 Å². The van der Waals surface area contributed by atoms with E-state index in [-0.39, 0.29) is 0 Å². The van der Waals surface area contributed by atoms with Crippen LogP contribution < -0.4 is 0 Å². The minimum absolute atomic E-state index is 0.434. The van der Waals surface area contributed by atoms with Crippen LogP contribution in [0.1, 0.15) is 19.3 Å². The number of hydrogen-bond acceptors (Lipinski definition) is 1. The molecule has 9 heavy (non-hydrogen) atoms. The molecule has 1 heterocycles. The minimum atomic E-state index is 0.434. The summed E-state index contributed by atoms with van der Waals surface area (Å²) < 4.78 is 5.34. The molecule has 0 aromatic rings. The molecule has 0 aromatic carbocycles. The van der Waals surface area contributed by atoms with E-state index in [1.807, 2.05) is 0 Å². The molecule has 2 aliphatic rings. The highest BCUT2D eigenvalue weighted by molar-refractivity contribution is 5.07. The summed E-state index contributed by atoms with van der Waals surface area (Å²) in [4.78, 5) is 0. The van der Waals surface area contributed by atoms with Crippen molar-refractivity contribution in [2.24, 2.45) is 5.92 Å². The largest absolute Gasteiger partial charge is 0.368 e. The second-order valence-corrected chi connectivity index (χ2v) is 2.84. The number of epoxide rings is 1. The molecule has 1 nitrogen and oxygen atoms in total. The van der Waals surface area contributed by atoms with Crippen LogP contribution in [0.5, 0.6) is 0 Å². The van der Waals surface area contributed by atoms with Crippen LogP contribution in [0.2, 0.25) is 0 Å². The lowest BCUT2D eigenvalue weighted by molar-refractivity contribution is 0.355. The summed E-state index contributed by atoms with van der Waals surface area (Å²) in [6, 6.07) is 0. The molecule has 48 valence electrons. The minimum Gasteiger partial charge on any atom is -0.368 e. The van der Waals surface area contributed by atoms with Gasteiger partial charge in [-0.1, -0.05) is 0 Å². The van der Waals surface area contributed by atoms with Crippen LogP contribution in [0.4, 0.5) is 0 Å². The van der Waals surface area contributed by atoms with Gasteiger partial charge in [-0.2, -0.15) is 0 Å². The highest BCUT2D eigenvalue weighted by atomic mass is 16.6. The first-order chi connectivity index (χ1) is 4.42. The third-order valence-corrected chi connectivity index (χ3v) is 2.24. The molecule has 1 saturated carbocycles. The molecule has 0 radical (unpaired) electrons. The number of terminal acetylenes is 1. The van der Waals surface area contributed by atoms with E-state index in [4.69, 9.17) is 11.2 Å². The van der Waals surface area contributed by atoms with Crippen LogP contribution in [-0.2, 0) is 4.74 Å². The van der Waals surface area contributed by atoms with E-state index in [1.54, 1.807) is 0 Å². The molecular weight excluding hydrogens is 112 g/mol. The van der Waals surface area contributed by atoms with E-state index in [0.29, 0.717) is 18.1 Å². The molecule has 0 spiro atoms. The van der Waals surface area contributed by atoms with Gasteiger partial charge in [0.25, 0.3) is 0 Å². The quantitative estimate of drug-likeness (QED) is 0.347. The van der Waals surface area contributed by atoms with E-state index < -0.39 is 0 Å². The van der Waals surface area contributed by atoms with E-state index in [2.05, 4.69) is 5.92 Å². The molecular formula is C8H10O. The summed E-state index contributed by atoms with van der Waals surface area (Å²) in [5.41, 5.74) is 0. The lowest BCUT2D eigenvalue weighted by Gasteiger charge is -2.10. The van der Waals surface area contributed by atoms with E-state index in [9.17, 15) is 0 Å². The summed E-state index contributed by atoms with van der Waals surface area (Å²) in [5.74, 6) is 3.20. The number of fused-ring (bicyclic) bond motifs is 1. The Morgan fingerprint density at radius 3 is 3.00 bits per heavy atom. The molecule has 3 atom stereocenters. The van der Waals surface area contributed by atoms with Crippen LogP contribution >= 0.6 is 0 Å². The van der Waals surface area contributed by atoms with Crippen LogP contribution in [0.15, 0.2) is 0 Å². The zero-order valence-electron chi connectivity index (χ0n) is 5.34. The molecule has 3 unspecified atom stereocenters. The predicted octanol–water partition coefficient (Wildman–Crippen LogP) is 1.19. The fourth-order valence-electron chi connectivity index (χ4n) is 1.62. The van der Waals surface area contributed by atoms with Gasteiger partial charge in [0.1, 0.15) is 0 Å². The third kappa shape index (κ3) is 0.746. The van der Waals surface area contributed by atoms with Crippen molar-refractivity contribution in [1.29, 1.82) is 0 Å². The molecule has 2 rings (SSSR count). The van der Waals surface area contributed by atoms with E-state index >= 15 is 0 Å². The SMILES string of the molecule is C#CC1CCCC2OC12. The highest BCUT2D eigenvalue weighted by Gasteiger charge is 2.46. The summed E-state index contributed by atoms with van der Waals surface area (Å²) >= 11 is 0. The lowest BCUT2D eigenvalue weighted by atomic mass is 9.90.